The molecule has 0 spiro atoms. The molecule has 1 aromatic carbocycles. The van der Waals surface area contributed by atoms with Crippen molar-refractivity contribution in [1.29, 1.82) is 0 Å². The van der Waals surface area contributed by atoms with Crippen LogP contribution in [0, 0.1) is 0 Å². The van der Waals surface area contributed by atoms with Crippen LogP contribution in [0.15, 0.2) is 24.3 Å². The van der Waals surface area contributed by atoms with Gasteiger partial charge in [-0.1, -0.05) is 12.1 Å². The maximum atomic E-state index is 12.1. The van der Waals surface area contributed by atoms with Gasteiger partial charge in [-0.05, 0) is 31.9 Å². The van der Waals surface area contributed by atoms with Gasteiger partial charge in [-0.25, -0.2) is 4.79 Å². The second kappa shape index (κ2) is 7.77. The molecule has 130 valence electrons. The van der Waals surface area contributed by atoms with E-state index in [0.29, 0.717) is 5.56 Å². The summed E-state index contributed by atoms with van der Waals surface area (Å²) in [5.74, 6) is -0.683. The monoisotopic (exact) mass is 333 g/mol. The highest BCUT2D eigenvalue weighted by atomic mass is 16.5. The Labute approximate surface area is 142 Å². The topological polar surface area (TPSA) is 69.1 Å². The fraction of sp³-hybridized carbons (Fsp3) is 0.556. The zero-order valence-corrected chi connectivity index (χ0v) is 14.0. The number of ether oxygens (including phenoxy) is 2. The van der Waals surface area contributed by atoms with E-state index in [-0.39, 0.29) is 11.9 Å². The number of amides is 1. The quantitative estimate of drug-likeness (QED) is 0.715. The van der Waals surface area contributed by atoms with E-state index in [1.165, 1.54) is 10.5 Å². The van der Waals surface area contributed by atoms with Gasteiger partial charge in [-0.3, -0.25) is 4.79 Å². The largest absolute Gasteiger partial charge is 0.449 e. The number of carbonyl (C=O) groups is 2. The second-order valence-electron chi connectivity index (χ2n) is 6.57. The highest BCUT2D eigenvalue weighted by Gasteiger charge is 2.27. The molecular formula is C18H25N2O4+. The van der Waals surface area contributed by atoms with Crippen LogP contribution in [-0.2, 0) is 20.8 Å². The lowest BCUT2D eigenvalue weighted by atomic mass is 10.1. The highest BCUT2D eigenvalue weighted by Crippen LogP contribution is 2.19. The van der Waals surface area contributed by atoms with Crippen LogP contribution in [0.2, 0.25) is 0 Å². The molecule has 6 nitrogen and oxygen atoms in total. The second-order valence-corrected chi connectivity index (χ2v) is 6.57. The molecule has 2 fully saturated rings. The van der Waals surface area contributed by atoms with Crippen LogP contribution in [0.4, 0.5) is 0 Å². The number of rotatable bonds is 6. The van der Waals surface area contributed by atoms with Crippen molar-refractivity contribution in [3.63, 3.8) is 0 Å². The average Bonchev–Trinajstić information content (AvgIpc) is 3.40. The lowest BCUT2D eigenvalue weighted by Gasteiger charge is -2.23. The number of hydrogen-bond donors (Lipinski definition) is 2. The van der Waals surface area contributed by atoms with Crippen molar-refractivity contribution >= 4 is 11.9 Å². The van der Waals surface area contributed by atoms with Crippen LogP contribution in [0.1, 0.15) is 35.7 Å². The Balaban J connectivity index is 1.50. The van der Waals surface area contributed by atoms with Crippen molar-refractivity contribution in [2.24, 2.45) is 0 Å². The van der Waals surface area contributed by atoms with Gasteiger partial charge < -0.3 is 19.7 Å². The summed E-state index contributed by atoms with van der Waals surface area (Å²) >= 11 is 0. The third kappa shape index (κ3) is 4.79. The van der Waals surface area contributed by atoms with E-state index in [2.05, 4.69) is 5.32 Å². The lowest BCUT2D eigenvalue weighted by molar-refractivity contribution is -0.921. The molecule has 1 saturated carbocycles. The van der Waals surface area contributed by atoms with E-state index in [4.69, 9.17) is 9.47 Å². The summed E-state index contributed by atoms with van der Waals surface area (Å²) in [4.78, 5) is 25.5. The summed E-state index contributed by atoms with van der Waals surface area (Å²) in [6, 6.07) is 7.70. The third-order valence-corrected chi connectivity index (χ3v) is 4.42. The summed E-state index contributed by atoms with van der Waals surface area (Å²) in [7, 11) is 0. The maximum Gasteiger partial charge on any atom is 0.338 e. The van der Waals surface area contributed by atoms with Gasteiger partial charge in [0.25, 0.3) is 5.91 Å². The van der Waals surface area contributed by atoms with Crippen LogP contribution >= 0.6 is 0 Å². The lowest BCUT2D eigenvalue weighted by Crippen LogP contribution is -3.12. The van der Waals surface area contributed by atoms with E-state index in [1.54, 1.807) is 19.1 Å². The summed E-state index contributed by atoms with van der Waals surface area (Å²) in [6.07, 6.45) is 1.26. The van der Waals surface area contributed by atoms with E-state index in [9.17, 15) is 9.59 Å². The predicted molar refractivity (Wildman–Crippen MR) is 87.7 cm³/mol. The van der Waals surface area contributed by atoms with Crippen LogP contribution in [0.5, 0.6) is 0 Å². The van der Waals surface area contributed by atoms with Crippen molar-refractivity contribution in [2.45, 2.75) is 38.5 Å². The molecule has 24 heavy (non-hydrogen) atoms. The van der Waals surface area contributed by atoms with Gasteiger partial charge in [0.1, 0.15) is 19.6 Å². The Hall–Kier alpha value is -1.92. The molecule has 0 aromatic heterocycles. The van der Waals surface area contributed by atoms with Crippen LogP contribution in [0.25, 0.3) is 0 Å². The first-order valence-corrected chi connectivity index (χ1v) is 8.63. The molecule has 1 amide bonds. The highest BCUT2D eigenvalue weighted by molar-refractivity contribution is 5.92. The van der Waals surface area contributed by atoms with Crippen LogP contribution < -0.4 is 10.2 Å². The molecule has 1 aliphatic heterocycles. The van der Waals surface area contributed by atoms with Gasteiger partial charge in [0, 0.05) is 11.6 Å². The molecule has 1 aromatic rings. The fourth-order valence-electron chi connectivity index (χ4n) is 2.71. The number of morpholine rings is 1. The standard InChI is InChI=1S/C18H24N2O4/c1-13(17(21)19-16-6-7-16)24-18(22)15-4-2-14(3-5-15)12-20-8-10-23-11-9-20/h2-5,13,16H,6-12H2,1H3,(H,19,21)/p+1/t13-/m1/s1. The molecule has 1 atom stereocenters. The third-order valence-electron chi connectivity index (χ3n) is 4.42. The smallest absolute Gasteiger partial charge is 0.338 e. The molecule has 1 heterocycles. The average molecular weight is 333 g/mol. The first kappa shape index (κ1) is 16.9. The molecule has 2 aliphatic rings. The Kier molecular flexibility index (Phi) is 5.48. The molecular weight excluding hydrogens is 308 g/mol. The van der Waals surface area contributed by atoms with Crippen molar-refractivity contribution < 1.29 is 24.0 Å². The minimum absolute atomic E-state index is 0.224. The summed E-state index contributed by atoms with van der Waals surface area (Å²) < 4.78 is 10.6. The molecule has 3 rings (SSSR count). The van der Waals surface area contributed by atoms with Gasteiger partial charge in [0.15, 0.2) is 6.10 Å². The van der Waals surface area contributed by atoms with E-state index >= 15 is 0 Å². The first-order valence-electron chi connectivity index (χ1n) is 8.63. The molecule has 2 N–H and O–H groups in total. The van der Waals surface area contributed by atoms with E-state index in [1.807, 2.05) is 12.1 Å². The number of esters is 1. The van der Waals surface area contributed by atoms with Crippen molar-refractivity contribution in [3.05, 3.63) is 35.4 Å². The van der Waals surface area contributed by atoms with Gasteiger partial charge in [-0.15, -0.1) is 0 Å². The zero-order valence-electron chi connectivity index (χ0n) is 14.0. The minimum atomic E-state index is -0.768. The van der Waals surface area contributed by atoms with Gasteiger partial charge >= 0.3 is 5.97 Å². The Bertz CT molecular complexity index is 577. The van der Waals surface area contributed by atoms with Crippen molar-refractivity contribution in [1.82, 2.24) is 5.32 Å². The predicted octanol–water partition coefficient (Wildman–Crippen LogP) is -0.0744. The Morgan fingerprint density at radius 2 is 1.92 bits per heavy atom. The molecule has 1 saturated heterocycles. The Morgan fingerprint density at radius 1 is 1.25 bits per heavy atom. The number of quaternary nitrogens is 1. The van der Waals surface area contributed by atoms with Gasteiger partial charge in [0.2, 0.25) is 0 Å². The van der Waals surface area contributed by atoms with Crippen LogP contribution in [-0.4, -0.2) is 50.3 Å². The molecule has 0 unspecified atom stereocenters. The number of carbonyl (C=O) groups excluding carboxylic acids is 2. The number of hydrogen-bond acceptors (Lipinski definition) is 4. The minimum Gasteiger partial charge on any atom is -0.449 e. The summed E-state index contributed by atoms with van der Waals surface area (Å²) in [6.45, 7) is 6.17. The fourth-order valence-corrected chi connectivity index (χ4v) is 2.71. The number of nitrogens with one attached hydrogen (secondary N) is 2. The van der Waals surface area contributed by atoms with Gasteiger partial charge in [0.05, 0.1) is 18.8 Å². The van der Waals surface area contributed by atoms with E-state index < -0.39 is 12.1 Å². The SMILES string of the molecule is C[C@@H](OC(=O)c1ccc(C[NH+]2CCOCC2)cc1)C(=O)NC1CC1. The van der Waals surface area contributed by atoms with Crippen LogP contribution in [0.3, 0.4) is 0 Å². The summed E-state index contributed by atoms with van der Waals surface area (Å²) in [5, 5.41) is 2.84. The van der Waals surface area contributed by atoms with Crippen molar-refractivity contribution in [2.75, 3.05) is 26.3 Å². The zero-order chi connectivity index (χ0) is 16.9. The normalized spacial score (nSPS) is 19.5. The van der Waals surface area contributed by atoms with E-state index in [0.717, 1.165) is 45.7 Å². The number of benzene rings is 1. The first-order chi connectivity index (χ1) is 11.6. The Morgan fingerprint density at radius 3 is 2.54 bits per heavy atom. The summed E-state index contributed by atoms with van der Waals surface area (Å²) in [5.41, 5.74) is 1.66. The van der Waals surface area contributed by atoms with Crippen molar-refractivity contribution in [3.8, 4) is 0 Å². The molecule has 0 radical (unpaired) electrons. The molecule has 6 heteroatoms. The maximum absolute atomic E-state index is 12.1. The van der Waals surface area contributed by atoms with Gasteiger partial charge in [-0.2, -0.15) is 0 Å². The molecule has 0 bridgehead atoms. The molecule has 1 aliphatic carbocycles.